The van der Waals surface area contributed by atoms with E-state index in [-0.39, 0.29) is 33.2 Å². The van der Waals surface area contributed by atoms with Gasteiger partial charge >= 0.3 is 0 Å². The van der Waals surface area contributed by atoms with Gasteiger partial charge in [-0.2, -0.15) is 0 Å². The van der Waals surface area contributed by atoms with E-state index in [1.165, 1.54) is 19.1 Å². The highest BCUT2D eigenvalue weighted by molar-refractivity contribution is 6.33. The molecule has 1 heterocycles. The van der Waals surface area contributed by atoms with E-state index in [1.54, 1.807) is 48.6 Å². The third-order valence-electron chi connectivity index (χ3n) is 6.96. The second-order valence-electron chi connectivity index (χ2n) is 9.54. The Kier molecular flexibility index (Phi) is 7.99. The minimum atomic E-state index is -3.75. The highest BCUT2D eigenvalue weighted by Gasteiger charge is 2.61. The lowest BCUT2D eigenvalue weighted by Crippen LogP contribution is -2.53. The molecule has 0 fully saturated rings. The molecule has 0 unspecified atom stereocenters. The molecule has 0 spiro atoms. The lowest BCUT2D eigenvalue weighted by atomic mass is 9.72. The lowest BCUT2D eigenvalue weighted by Gasteiger charge is -2.40. The van der Waals surface area contributed by atoms with Crippen molar-refractivity contribution in [2.24, 2.45) is 0 Å². The average Bonchev–Trinajstić information content (AvgIpc) is 2.83. The molecule has 0 saturated carbocycles. The van der Waals surface area contributed by atoms with Gasteiger partial charge in [-0.1, -0.05) is 36.9 Å². The smallest absolute Gasteiger partial charge is 0.260 e. The first-order valence-electron chi connectivity index (χ1n) is 11.6. The summed E-state index contributed by atoms with van der Waals surface area (Å²) in [6.45, 7) is 11.2. The third kappa shape index (κ3) is 5.27. The van der Waals surface area contributed by atoms with Gasteiger partial charge in [-0.3, -0.25) is 4.98 Å². The highest BCUT2D eigenvalue weighted by atomic mass is 35.5. The minimum Gasteiger partial charge on any atom is -0.354 e. The molecule has 2 aromatic carbocycles. The normalized spacial score (nSPS) is 12.3. The van der Waals surface area contributed by atoms with Crippen LogP contribution in [-0.4, -0.2) is 23.9 Å². The maximum absolute atomic E-state index is 15.6. The molecule has 0 aliphatic carbocycles. The molecule has 202 valence electrons. The van der Waals surface area contributed by atoms with Crippen molar-refractivity contribution in [2.75, 3.05) is 17.3 Å². The van der Waals surface area contributed by atoms with Crippen molar-refractivity contribution in [3.63, 3.8) is 0 Å². The quantitative estimate of drug-likeness (QED) is 0.270. The molecule has 1 aromatic heterocycles. The van der Waals surface area contributed by atoms with E-state index in [2.05, 4.69) is 23.5 Å². The Hall–Kier alpha value is -3.39. The van der Waals surface area contributed by atoms with Gasteiger partial charge in [-0.15, -0.1) is 0 Å². The zero-order chi connectivity index (χ0) is 28.6. The summed E-state index contributed by atoms with van der Waals surface area (Å²) in [6, 6.07) is 10.6. The maximum Gasteiger partial charge on any atom is 0.260 e. The van der Waals surface area contributed by atoms with E-state index >= 15 is 4.39 Å². The average molecular weight is 550 g/mol. The number of pyridine rings is 1. The summed E-state index contributed by atoms with van der Waals surface area (Å²) in [7, 11) is 1.66. The fraction of sp³-hybridized carbons (Fsp3) is 0.276. The van der Waals surface area contributed by atoms with Gasteiger partial charge in [-0.05, 0) is 55.3 Å². The van der Waals surface area contributed by atoms with Crippen LogP contribution in [0.2, 0.25) is 5.02 Å². The Morgan fingerprint density at radius 1 is 1.00 bits per heavy atom. The molecule has 3 rings (SSSR count). The van der Waals surface area contributed by atoms with Crippen LogP contribution in [-0.2, 0) is 5.41 Å². The van der Waals surface area contributed by atoms with Gasteiger partial charge in [0.25, 0.3) is 11.8 Å². The summed E-state index contributed by atoms with van der Waals surface area (Å²) < 4.78 is 73.4. The molecule has 0 amide bonds. The SMILES string of the molecule is C=C(Nc1c(C)cc(C(C)(C(C)(F)F)C(C)(F)F)cc1Cl)c1cccc(N(C)C(=C)c2cccnc2)c1F. The number of nitrogens with one attached hydrogen (secondary N) is 1. The Morgan fingerprint density at radius 3 is 2.16 bits per heavy atom. The molecular weight excluding hydrogens is 521 g/mol. The number of hydrogen-bond acceptors (Lipinski definition) is 3. The van der Waals surface area contributed by atoms with Crippen LogP contribution in [0.1, 0.15) is 43.0 Å². The summed E-state index contributed by atoms with van der Waals surface area (Å²) in [5, 5.41) is 2.84. The van der Waals surface area contributed by atoms with E-state index in [0.29, 0.717) is 30.7 Å². The number of halogens is 6. The molecular formula is C29H29ClF5N3. The molecule has 0 aliphatic rings. The number of benzene rings is 2. The number of aryl methyl sites for hydroxylation is 1. The predicted octanol–water partition coefficient (Wildman–Crippen LogP) is 8.94. The fourth-order valence-corrected chi connectivity index (χ4v) is 4.50. The van der Waals surface area contributed by atoms with Crippen molar-refractivity contribution < 1.29 is 22.0 Å². The fourth-order valence-electron chi connectivity index (χ4n) is 4.19. The molecule has 3 nitrogen and oxygen atoms in total. The summed E-state index contributed by atoms with van der Waals surface area (Å²) >= 11 is 6.39. The zero-order valence-corrected chi connectivity index (χ0v) is 22.5. The topological polar surface area (TPSA) is 28.2 Å². The van der Waals surface area contributed by atoms with Crippen LogP contribution in [0.25, 0.3) is 11.4 Å². The summed E-state index contributed by atoms with van der Waals surface area (Å²) in [5.41, 5.74) is -0.877. The molecule has 0 saturated heterocycles. The number of rotatable bonds is 9. The van der Waals surface area contributed by atoms with Crippen molar-refractivity contribution in [2.45, 2.75) is 45.0 Å². The van der Waals surface area contributed by atoms with Gasteiger partial charge in [0.05, 0.1) is 16.4 Å². The second kappa shape index (κ2) is 10.4. The number of hydrogen-bond donors (Lipinski definition) is 1. The van der Waals surface area contributed by atoms with Crippen LogP contribution in [0, 0.1) is 12.7 Å². The third-order valence-corrected chi connectivity index (χ3v) is 7.26. The molecule has 9 heteroatoms. The van der Waals surface area contributed by atoms with Crippen molar-refractivity contribution in [1.82, 2.24) is 4.98 Å². The Labute approximate surface area is 224 Å². The van der Waals surface area contributed by atoms with Gasteiger partial charge in [-0.25, -0.2) is 22.0 Å². The Balaban J connectivity index is 1.96. The van der Waals surface area contributed by atoms with Crippen LogP contribution >= 0.6 is 11.6 Å². The number of alkyl halides is 4. The Morgan fingerprint density at radius 2 is 1.63 bits per heavy atom. The molecule has 0 atom stereocenters. The summed E-state index contributed by atoms with van der Waals surface area (Å²) in [6.07, 6.45) is 3.23. The highest BCUT2D eigenvalue weighted by Crippen LogP contribution is 2.51. The van der Waals surface area contributed by atoms with Crippen molar-refractivity contribution >= 4 is 34.4 Å². The number of nitrogens with zero attached hydrogens (tertiary/aromatic N) is 2. The predicted molar refractivity (Wildman–Crippen MR) is 146 cm³/mol. The standard InChI is InChI=1S/C29H29ClF5N3/c1-17-14-21(27(4,28(5,32)33)29(6,34)35)15-23(30)26(17)37-18(2)22-11-8-12-24(25(22)31)38(7)19(3)20-10-9-13-36-16-20/h8-16,37H,2-3H2,1,4-7H3. The van der Waals surface area contributed by atoms with E-state index < -0.39 is 23.1 Å². The van der Waals surface area contributed by atoms with Crippen LogP contribution in [0.4, 0.5) is 33.3 Å². The van der Waals surface area contributed by atoms with Gasteiger partial charge in [0.2, 0.25) is 0 Å². The van der Waals surface area contributed by atoms with Gasteiger partial charge in [0, 0.05) is 55.8 Å². The molecule has 0 bridgehead atoms. The van der Waals surface area contributed by atoms with Crippen LogP contribution < -0.4 is 10.2 Å². The Bertz CT molecular complexity index is 1320. The zero-order valence-electron chi connectivity index (χ0n) is 21.8. The molecule has 3 aromatic rings. The van der Waals surface area contributed by atoms with E-state index in [9.17, 15) is 17.6 Å². The van der Waals surface area contributed by atoms with E-state index in [4.69, 9.17) is 11.6 Å². The van der Waals surface area contributed by atoms with Crippen LogP contribution in [0.3, 0.4) is 0 Å². The summed E-state index contributed by atoms with van der Waals surface area (Å²) in [5.74, 6) is -8.10. The van der Waals surface area contributed by atoms with E-state index in [0.717, 1.165) is 13.0 Å². The minimum absolute atomic E-state index is 0.0838. The monoisotopic (exact) mass is 549 g/mol. The molecule has 1 N–H and O–H groups in total. The number of aromatic nitrogens is 1. The van der Waals surface area contributed by atoms with Crippen molar-refractivity contribution in [3.8, 4) is 0 Å². The largest absolute Gasteiger partial charge is 0.354 e. The first kappa shape index (κ1) is 29.2. The first-order chi connectivity index (χ1) is 17.5. The number of anilines is 2. The molecule has 38 heavy (non-hydrogen) atoms. The van der Waals surface area contributed by atoms with Gasteiger partial charge < -0.3 is 10.2 Å². The summed E-state index contributed by atoms with van der Waals surface area (Å²) in [4.78, 5) is 5.64. The second-order valence-corrected chi connectivity index (χ2v) is 9.95. The van der Waals surface area contributed by atoms with Crippen molar-refractivity contribution in [3.05, 3.63) is 101 Å². The van der Waals surface area contributed by atoms with E-state index in [1.807, 2.05) is 0 Å². The maximum atomic E-state index is 15.6. The van der Waals surface area contributed by atoms with Crippen LogP contribution in [0.5, 0.6) is 0 Å². The van der Waals surface area contributed by atoms with Crippen LogP contribution in [0.15, 0.2) is 68.0 Å². The molecule has 0 radical (unpaired) electrons. The molecule has 0 aliphatic heterocycles. The first-order valence-corrected chi connectivity index (χ1v) is 12.0. The van der Waals surface area contributed by atoms with Gasteiger partial charge in [0.1, 0.15) is 5.41 Å². The van der Waals surface area contributed by atoms with Gasteiger partial charge in [0.15, 0.2) is 5.82 Å². The lowest BCUT2D eigenvalue weighted by molar-refractivity contribution is -0.170. The van der Waals surface area contributed by atoms with Crippen molar-refractivity contribution in [1.29, 1.82) is 0 Å².